The Bertz CT molecular complexity index is 535. The van der Waals surface area contributed by atoms with E-state index in [0.717, 1.165) is 16.0 Å². The van der Waals surface area contributed by atoms with Crippen molar-refractivity contribution in [3.63, 3.8) is 0 Å². The number of carbonyl (C=O) groups is 1. The Balaban J connectivity index is 2.28. The Hall–Kier alpha value is -0.990. The highest BCUT2D eigenvalue weighted by atomic mass is 79.9. The highest BCUT2D eigenvalue weighted by molar-refractivity contribution is 9.11. The van der Waals surface area contributed by atoms with Crippen LogP contribution in [0.25, 0.3) is 0 Å². The zero-order valence-electron chi connectivity index (χ0n) is 8.28. The summed E-state index contributed by atoms with van der Waals surface area (Å²) in [4.78, 5) is 12.2. The predicted octanol–water partition coefficient (Wildman–Crippen LogP) is 2.90. The van der Waals surface area contributed by atoms with Crippen LogP contribution in [0.1, 0.15) is 9.67 Å². The summed E-state index contributed by atoms with van der Waals surface area (Å²) < 4.78 is 5.16. The first-order valence-electron chi connectivity index (χ1n) is 4.41. The van der Waals surface area contributed by atoms with Gasteiger partial charge < -0.3 is 11.1 Å². The average molecular weight is 378 g/mol. The predicted molar refractivity (Wildman–Crippen MR) is 74.1 cm³/mol. The van der Waals surface area contributed by atoms with Crippen molar-refractivity contribution in [2.75, 3.05) is 11.1 Å². The lowest BCUT2D eigenvalue weighted by atomic mass is 10.2. The van der Waals surface area contributed by atoms with E-state index in [1.165, 1.54) is 6.20 Å². The number of hydrogen-bond donors (Lipinski definition) is 2. The molecule has 88 valence electrons. The van der Waals surface area contributed by atoms with Gasteiger partial charge in [-0.15, -0.1) is 5.10 Å². The number of aromatic nitrogens is 2. The molecular weight excluding hydrogens is 372 g/mol. The molecule has 0 saturated carbocycles. The van der Waals surface area contributed by atoms with Gasteiger partial charge in [-0.1, -0.05) is 20.4 Å². The number of rotatable bonds is 2. The van der Waals surface area contributed by atoms with Crippen molar-refractivity contribution < 1.29 is 4.79 Å². The molecule has 8 heteroatoms. The van der Waals surface area contributed by atoms with Gasteiger partial charge in [0, 0.05) is 8.95 Å². The third-order valence-corrected chi connectivity index (χ3v) is 3.66. The van der Waals surface area contributed by atoms with Gasteiger partial charge >= 0.3 is 0 Å². The van der Waals surface area contributed by atoms with Gasteiger partial charge in [-0.25, -0.2) is 0 Å². The van der Waals surface area contributed by atoms with Crippen LogP contribution in [0, 0.1) is 0 Å². The number of halogens is 2. The van der Waals surface area contributed by atoms with Crippen LogP contribution in [-0.4, -0.2) is 15.5 Å². The highest BCUT2D eigenvalue weighted by Gasteiger charge is 2.13. The van der Waals surface area contributed by atoms with Crippen LogP contribution in [0.4, 0.5) is 11.4 Å². The van der Waals surface area contributed by atoms with Crippen LogP contribution < -0.4 is 11.1 Å². The number of carbonyl (C=O) groups excluding carboxylic acids is 1. The summed E-state index contributed by atoms with van der Waals surface area (Å²) in [7, 11) is 0. The monoisotopic (exact) mass is 376 g/mol. The number of nitrogens with zero attached hydrogens (tertiary/aromatic N) is 2. The second kappa shape index (κ2) is 5.11. The average Bonchev–Trinajstić information content (AvgIpc) is 2.76. The summed E-state index contributed by atoms with van der Waals surface area (Å²) >= 11 is 7.68. The number of nitrogen functional groups attached to an aromatic ring is 1. The van der Waals surface area contributed by atoms with Gasteiger partial charge in [0.2, 0.25) is 0 Å². The largest absolute Gasteiger partial charge is 0.397 e. The molecule has 0 spiro atoms. The number of benzene rings is 1. The van der Waals surface area contributed by atoms with E-state index in [0.29, 0.717) is 20.7 Å². The summed E-state index contributed by atoms with van der Waals surface area (Å²) in [6.45, 7) is 0. The normalized spacial score (nSPS) is 10.2. The molecule has 1 amide bonds. The summed E-state index contributed by atoms with van der Waals surface area (Å²) in [6.07, 6.45) is 1.41. The van der Waals surface area contributed by atoms with Gasteiger partial charge in [0.1, 0.15) is 4.88 Å². The molecule has 2 rings (SSSR count). The summed E-state index contributed by atoms with van der Waals surface area (Å²) in [5.74, 6) is -0.283. The molecule has 0 radical (unpaired) electrons. The van der Waals surface area contributed by atoms with Gasteiger partial charge in [-0.3, -0.25) is 4.79 Å². The zero-order valence-corrected chi connectivity index (χ0v) is 12.3. The van der Waals surface area contributed by atoms with Crippen molar-refractivity contribution in [2.45, 2.75) is 0 Å². The van der Waals surface area contributed by atoms with Crippen molar-refractivity contribution in [1.82, 2.24) is 9.59 Å². The summed E-state index contributed by atoms with van der Waals surface area (Å²) in [5, 5.41) is 6.31. The number of anilines is 2. The van der Waals surface area contributed by atoms with Crippen molar-refractivity contribution in [2.24, 2.45) is 0 Å². The number of hydrogen-bond acceptors (Lipinski definition) is 5. The number of nitrogens with two attached hydrogens (primary N) is 1. The van der Waals surface area contributed by atoms with Crippen molar-refractivity contribution in [3.05, 3.63) is 32.2 Å². The molecule has 0 bridgehead atoms. The van der Waals surface area contributed by atoms with E-state index in [-0.39, 0.29) is 5.91 Å². The second-order valence-electron chi connectivity index (χ2n) is 3.09. The molecule has 0 atom stereocenters. The van der Waals surface area contributed by atoms with Gasteiger partial charge in [-0.05, 0) is 39.6 Å². The first-order valence-corrected chi connectivity index (χ1v) is 6.77. The lowest BCUT2D eigenvalue weighted by Gasteiger charge is -2.09. The van der Waals surface area contributed by atoms with E-state index in [1.54, 1.807) is 12.1 Å². The van der Waals surface area contributed by atoms with E-state index >= 15 is 0 Å². The van der Waals surface area contributed by atoms with Crippen LogP contribution in [0.5, 0.6) is 0 Å². The van der Waals surface area contributed by atoms with Crippen LogP contribution in [0.3, 0.4) is 0 Å². The van der Waals surface area contributed by atoms with Crippen molar-refractivity contribution in [3.8, 4) is 0 Å². The minimum absolute atomic E-state index is 0.283. The maximum atomic E-state index is 11.8. The van der Waals surface area contributed by atoms with Gasteiger partial charge in [0.15, 0.2) is 0 Å². The maximum Gasteiger partial charge on any atom is 0.269 e. The smallest absolute Gasteiger partial charge is 0.269 e. The summed E-state index contributed by atoms with van der Waals surface area (Å²) in [5.41, 5.74) is 6.82. The molecule has 0 saturated heterocycles. The van der Waals surface area contributed by atoms with Crippen LogP contribution >= 0.6 is 43.4 Å². The highest BCUT2D eigenvalue weighted by Crippen LogP contribution is 2.32. The third-order valence-electron chi connectivity index (χ3n) is 1.91. The summed E-state index contributed by atoms with van der Waals surface area (Å²) in [6, 6.07) is 3.52. The van der Waals surface area contributed by atoms with Gasteiger partial charge in [0.05, 0.1) is 17.6 Å². The molecule has 1 aromatic carbocycles. The number of amides is 1. The van der Waals surface area contributed by atoms with E-state index in [4.69, 9.17) is 5.73 Å². The molecule has 2 aromatic rings. The standard InChI is InChI=1S/C9H6Br2N4OS/c10-4-1-5(11)8(6(12)2-4)14-9(16)7-3-13-15-17-7/h1-3H,12H2,(H,14,16). The topological polar surface area (TPSA) is 80.9 Å². The molecular formula is C9H6Br2N4OS. The Morgan fingerprint density at radius 3 is 2.76 bits per heavy atom. The fourth-order valence-electron chi connectivity index (χ4n) is 1.17. The maximum absolute atomic E-state index is 11.8. The van der Waals surface area contributed by atoms with E-state index in [2.05, 4.69) is 46.8 Å². The Kier molecular flexibility index (Phi) is 3.75. The third kappa shape index (κ3) is 2.82. The quantitative estimate of drug-likeness (QED) is 0.788. The van der Waals surface area contributed by atoms with E-state index < -0.39 is 0 Å². The molecule has 0 unspecified atom stereocenters. The lowest BCUT2D eigenvalue weighted by Crippen LogP contribution is -2.12. The van der Waals surface area contributed by atoms with Crippen molar-refractivity contribution >= 4 is 60.7 Å². The molecule has 0 aliphatic heterocycles. The van der Waals surface area contributed by atoms with Crippen molar-refractivity contribution in [1.29, 1.82) is 0 Å². The van der Waals surface area contributed by atoms with Crippen LogP contribution in [0.15, 0.2) is 27.3 Å². The number of nitrogens with one attached hydrogen (secondary N) is 1. The zero-order chi connectivity index (χ0) is 12.4. The molecule has 1 aromatic heterocycles. The minimum atomic E-state index is -0.283. The van der Waals surface area contributed by atoms with Gasteiger partial charge in [0.25, 0.3) is 5.91 Å². The first-order chi connectivity index (χ1) is 8.08. The van der Waals surface area contributed by atoms with Crippen LogP contribution in [0.2, 0.25) is 0 Å². The Morgan fingerprint density at radius 1 is 1.41 bits per heavy atom. The fourth-order valence-corrected chi connectivity index (χ4v) is 2.94. The molecule has 3 N–H and O–H groups in total. The molecule has 5 nitrogen and oxygen atoms in total. The first kappa shape index (κ1) is 12.5. The van der Waals surface area contributed by atoms with Gasteiger partial charge in [-0.2, -0.15) is 0 Å². The minimum Gasteiger partial charge on any atom is -0.397 e. The SMILES string of the molecule is Nc1cc(Br)cc(Br)c1NC(=O)c1cnns1. The molecule has 1 heterocycles. The molecule has 0 aliphatic rings. The Morgan fingerprint density at radius 2 is 2.18 bits per heavy atom. The lowest BCUT2D eigenvalue weighted by molar-refractivity contribution is 0.103. The molecule has 0 fully saturated rings. The Labute approximate surface area is 118 Å². The van der Waals surface area contributed by atoms with E-state index in [1.807, 2.05) is 0 Å². The molecule has 17 heavy (non-hydrogen) atoms. The fraction of sp³-hybridized carbons (Fsp3) is 0. The second-order valence-corrected chi connectivity index (χ2v) is 5.64. The van der Waals surface area contributed by atoms with Crippen LogP contribution in [-0.2, 0) is 0 Å². The van der Waals surface area contributed by atoms with E-state index in [9.17, 15) is 4.79 Å². The molecule has 0 aliphatic carbocycles.